The molecule has 0 amide bonds. The Morgan fingerprint density at radius 3 is 2.77 bits per heavy atom. The summed E-state index contributed by atoms with van der Waals surface area (Å²) in [5.74, 6) is -1.05. The van der Waals surface area contributed by atoms with Crippen molar-refractivity contribution in [3.8, 4) is 0 Å². The van der Waals surface area contributed by atoms with Crippen LogP contribution < -0.4 is 5.56 Å². The van der Waals surface area contributed by atoms with Crippen LogP contribution in [0.1, 0.15) is 45.1 Å². The molecule has 0 aliphatic carbocycles. The Labute approximate surface area is 172 Å². The van der Waals surface area contributed by atoms with E-state index < -0.39 is 18.1 Å². The van der Waals surface area contributed by atoms with Crippen LogP contribution in [0.5, 0.6) is 0 Å². The molecular weight excluding hydrogens is 386 g/mol. The number of hydrogen-bond acceptors (Lipinski definition) is 6. The number of hydrogen-bond donors (Lipinski definition) is 1. The summed E-state index contributed by atoms with van der Waals surface area (Å²) in [4.78, 5) is 37.1. The number of ketones is 1. The van der Waals surface area contributed by atoms with Gasteiger partial charge in [0.1, 0.15) is 0 Å². The van der Waals surface area contributed by atoms with Crippen LogP contribution in [-0.2, 0) is 16.0 Å². The number of nitrogens with zero attached hydrogens (tertiary/aromatic N) is 2. The Morgan fingerprint density at radius 2 is 2.03 bits per heavy atom. The molecule has 2 aromatic heterocycles. The van der Waals surface area contributed by atoms with Gasteiger partial charge in [0, 0.05) is 35.5 Å². The number of ether oxygens (including phenoxy) is 2. The quantitative estimate of drug-likeness (QED) is 0.496. The van der Waals surface area contributed by atoms with Crippen LogP contribution in [0.2, 0.25) is 0 Å². The number of carbonyl (C=O) groups excluding carboxylic acids is 2. The predicted octanol–water partition coefficient (Wildman–Crippen LogP) is 2.56. The molecule has 0 spiro atoms. The van der Waals surface area contributed by atoms with Crippen molar-refractivity contribution in [3.63, 3.8) is 0 Å². The third-order valence-corrected chi connectivity index (χ3v) is 5.51. The molecule has 1 atom stereocenters. The molecule has 156 valence electrons. The van der Waals surface area contributed by atoms with Crippen LogP contribution in [0.3, 0.4) is 0 Å². The molecule has 3 heterocycles. The molecular formula is C22H23N3O5. The van der Waals surface area contributed by atoms with Crippen molar-refractivity contribution in [1.82, 2.24) is 14.8 Å². The lowest BCUT2D eigenvalue weighted by Crippen LogP contribution is -2.20. The standard InChI is InChI=1S/C22H23N3O5/c1-13-10-18(14(2)25(13)11-15-6-5-9-29-15)19(26)12-30-22(28)20-16-7-3-4-8-17(16)21(27)24-23-20/h3-4,7-8,10,15H,5-6,9,11-12H2,1-2H3,(H,24,27)/t15-/m0/s1. The minimum absolute atomic E-state index is 0.0261. The van der Waals surface area contributed by atoms with E-state index in [1.54, 1.807) is 24.3 Å². The Bertz CT molecular complexity index is 1170. The van der Waals surface area contributed by atoms with Gasteiger partial charge in [0.2, 0.25) is 5.78 Å². The Hall–Kier alpha value is -3.26. The second-order valence-corrected chi connectivity index (χ2v) is 7.48. The van der Waals surface area contributed by atoms with Crippen molar-refractivity contribution in [2.24, 2.45) is 0 Å². The number of Topliss-reactive ketones (excluding diaryl/α,β-unsaturated/α-hetero) is 1. The first-order valence-corrected chi connectivity index (χ1v) is 9.91. The van der Waals surface area contributed by atoms with Crippen molar-refractivity contribution in [1.29, 1.82) is 0 Å². The van der Waals surface area contributed by atoms with Crippen LogP contribution in [0.15, 0.2) is 35.1 Å². The lowest BCUT2D eigenvalue weighted by Gasteiger charge is -2.14. The van der Waals surface area contributed by atoms with E-state index in [1.807, 2.05) is 19.9 Å². The highest BCUT2D eigenvalue weighted by Crippen LogP contribution is 2.21. The average Bonchev–Trinajstić information content (AvgIpc) is 3.36. The van der Waals surface area contributed by atoms with Crippen molar-refractivity contribution < 1.29 is 19.1 Å². The van der Waals surface area contributed by atoms with Gasteiger partial charge in [-0.25, -0.2) is 9.89 Å². The van der Waals surface area contributed by atoms with Crippen LogP contribution >= 0.6 is 0 Å². The highest BCUT2D eigenvalue weighted by molar-refractivity contribution is 6.04. The van der Waals surface area contributed by atoms with Crippen molar-refractivity contribution in [2.75, 3.05) is 13.2 Å². The summed E-state index contributed by atoms with van der Waals surface area (Å²) >= 11 is 0. The van der Waals surface area contributed by atoms with Crippen molar-refractivity contribution >= 4 is 22.5 Å². The van der Waals surface area contributed by atoms with Crippen molar-refractivity contribution in [2.45, 2.75) is 39.3 Å². The maximum atomic E-state index is 12.7. The number of aromatic nitrogens is 3. The monoisotopic (exact) mass is 409 g/mol. The highest BCUT2D eigenvalue weighted by Gasteiger charge is 2.22. The summed E-state index contributed by atoms with van der Waals surface area (Å²) in [6, 6.07) is 8.43. The number of benzene rings is 1. The molecule has 8 heteroatoms. The fourth-order valence-corrected chi connectivity index (χ4v) is 3.90. The predicted molar refractivity (Wildman–Crippen MR) is 110 cm³/mol. The van der Waals surface area contributed by atoms with Gasteiger partial charge in [-0.1, -0.05) is 18.2 Å². The van der Waals surface area contributed by atoms with Crippen LogP contribution in [-0.4, -0.2) is 45.8 Å². The van der Waals surface area contributed by atoms with Crippen LogP contribution in [0.25, 0.3) is 10.8 Å². The number of aromatic amines is 1. The van der Waals surface area contributed by atoms with Crippen LogP contribution in [0, 0.1) is 13.8 Å². The minimum Gasteiger partial charge on any atom is -0.452 e. The zero-order valence-corrected chi connectivity index (χ0v) is 16.9. The number of aryl methyl sites for hydroxylation is 1. The van der Waals surface area contributed by atoms with E-state index >= 15 is 0 Å². The molecule has 1 fully saturated rings. The summed E-state index contributed by atoms with van der Waals surface area (Å²) < 4.78 is 13.0. The summed E-state index contributed by atoms with van der Waals surface area (Å²) in [6.45, 7) is 4.91. The van der Waals surface area contributed by atoms with Crippen molar-refractivity contribution in [3.05, 3.63) is 63.3 Å². The average molecular weight is 409 g/mol. The van der Waals surface area contributed by atoms with E-state index in [0.29, 0.717) is 22.9 Å². The minimum atomic E-state index is -0.760. The first kappa shape index (κ1) is 20.0. The molecule has 0 unspecified atom stereocenters. The molecule has 0 radical (unpaired) electrons. The summed E-state index contributed by atoms with van der Waals surface area (Å²) in [7, 11) is 0. The maximum Gasteiger partial charge on any atom is 0.359 e. The topological polar surface area (TPSA) is 103 Å². The molecule has 1 N–H and O–H groups in total. The van der Waals surface area contributed by atoms with Gasteiger partial charge in [-0.2, -0.15) is 5.10 Å². The molecule has 1 saturated heterocycles. The molecule has 1 aromatic carbocycles. The molecule has 0 bridgehead atoms. The van der Waals surface area contributed by atoms with E-state index in [0.717, 1.165) is 30.8 Å². The van der Waals surface area contributed by atoms with Gasteiger partial charge >= 0.3 is 5.97 Å². The first-order chi connectivity index (χ1) is 14.5. The number of nitrogens with one attached hydrogen (secondary N) is 1. The number of esters is 1. The number of fused-ring (bicyclic) bond motifs is 1. The van der Waals surface area contributed by atoms with Gasteiger partial charge in [-0.05, 0) is 38.8 Å². The second-order valence-electron chi connectivity index (χ2n) is 7.48. The maximum absolute atomic E-state index is 12.7. The Morgan fingerprint density at radius 1 is 1.27 bits per heavy atom. The fraction of sp³-hybridized carbons (Fsp3) is 0.364. The normalized spacial score (nSPS) is 16.1. The van der Waals surface area contributed by atoms with E-state index in [-0.39, 0.29) is 17.6 Å². The molecule has 1 aliphatic heterocycles. The third kappa shape index (κ3) is 3.78. The molecule has 4 rings (SSSR count). The zero-order chi connectivity index (χ0) is 21.3. The second kappa shape index (κ2) is 8.23. The third-order valence-electron chi connectivity index (χ3n) is 5.51. The first-order valence-electron chi connectivity index (χ1n) is 9.91. The number of carbonyl (C=O) groups is 2. The lowest BCUT2D eigenvalue weighted by atomic mass is 10.1. The highest BCUT2D eigenvalue weighted by atomic mass is 16.5. The molecule has 8 nitrogen and oxygen atoms in total. The largest absolute Gasteiger partial charge is 0.452 e. The summed E-state index contributed by atoms with van der Waals surface area (Å²) in [6.07, 6.45) is 2.23. The van der Waals surface area contributed by atoms with Gasteiger partial charge in [0.25, 0.3) is 5.56 Å². The fourth-order valence-electron chi connectivity index (χ4n) is 3.90. The van der Waals surface area contributed by atoms with E-state index in [2.05, 4.69) is 14.8 Å². The molecule has 30 heavy (non-hydrogen) atoms. The Balaban J connectivity index is 1.48. The SMILES string of the molecule is Cc1cc(C(=O)COC(=O)c2n[nH]c(=O)c3ccccc23)c(C)n1C[C@@H]1CCCO1. The molecule has 3 aromatic rings. The molecule has 1 aliphatic rings. The van der Waals surface area contributed by atoms with Gasteiger partial charge in [0.15, 0.2) is 12.3 Å². The number of rotatable bonds is 6. The van der Waals surface area contributed by atoms with E-state index in [4.69, 9.17) is 9.47 Å². The van der Waals surface area contributed by atoms with Gasteiger partial charge in [-0.3, -0.25) is 9.59 Å². The summed E-state index contributed by atoms with van der Waals surface area (Å²) in [5.41, 5.74) is 1.90. The summed E-state index contributed by atoms with van der Waals surface area (Å²) in [5, 5.41) is 6.82. The van der Waals surface area contributed by atoms with Crippen LogP contribution in [0.4, 0.5) is 0 Å². The smallest absolute Gasteiger partial charge is 0.359 e. The zero-order valence-electron chi connectivity index (χ0n) is 16.9. The lowest BCUT2D eigenvalue weighted by molar-refractivity contribution is 0.0469. The van der Waals surface area contributed by atoms with Gasteiger partial charge in [0.05, 0.1) is 11.5 Å². The van der Waals surface area contributed by atoms with Gasteiger partial charge < -0.3 is 14.0 Å². The van der Waals surface area contributed by atoms with Gasteiger partial charge in [-0.15, -0.1) is 0 Å². The Kier molecular flexibility index (Phi) is 5.50. The van der Waals surface area contributed by atoms with E-state index in [1.165, 1.54) is 0 Å². The molecule has 0 saturated carbocycles. The number of H-pyrrole nitrogens is 1. The van der Waals surface area contributed by atoms with E-state index in [9.17, 15) is 14.4 Å².